The Balaban J connectivity index is 0.00000363. The van der Waals surface area contributed by atoms with Gasteiger partial charge in [0.2, 0.25) is 0 Å². The van der Waals surface area contributed by atoms with Crippen LogP contribution in [0.25, 0.3) is 0 Å². The molecule has 168 valence electrons. The highest BCUT2D eigenvalue weighted by Crippen LogP contribution is 2.55. The van der Waals surface area contributed by atoms with Gasteiger partial charge in [-0.05, 0) is 68.5 Å². The number of hydrogen-bond donors (Lipinski definition) is 0. The molecular weight excluding hydrogens is 518 g/mol. The zero-order chi connectivity index (χ0) is 21.6. The third kappa shape index (κ3) is 7.42. The van der Waals surface area contributed by atoms with Crippen molar-refractivity contribution in [2.24, 2.45) is 0 Å². The first kappa shape index (κ1) is 26.6. The Morgan fingerprint density at radius 3 is 1.31 bits per heavy atom. The molecule has 0 amide bonds. The van der Waals surface area contributed by atoms with Crippen LogP contribution in [0.3, 0.4) is 0 Å². The molecule has 0 unspecified atom stereocenters. The lowest BCUT2D eigenvalue weighted by atomic mass is 10.1. The molecule has 0 radical (unpaired) electrons. The van der Waals surface area contributed by atoms with Gasteiger partial charge < -0.3 is 24.0 Å². The maximum absolute atomic E-state index is 2.42. The minimum atomic E-state index is -1.69. The Kier molecular flexibility index (Phi) is 12.6. The van der Waals surface area contributed by atoms with Crippen LogP contribution in [0.5, 0.6) is 0 Å². The predicted octanol–water partition coefficient (Wildman–Crippen LogP) is 4.46. The molecule has 0 aromatic heterocycles. The summed E-state index contributed by atoms with van der Waals surface area (Å²) < 4.78 is 0. The van der Waals surface area contributed by atoms with Gasteiger partial charge in [-0.15, -0.1) is 0 Å². The molecule has 32 heavy (non-hydrogen) atoms. The summed E-state index contributed by atoms with van der Waals surface area (Å²) in [5.74, 6) is 0. The van der Waals surface area contributed by atoms with Gasteiger partial charge in [0.05, 0.1) is 6.16 Å². The first-order valence-corrected chi connectivity index (χ1v) is 13.7. The van der Waals surface area contributed by atoms with Crippen LogP contribution in [0, 0.1) is 0 Å². The molecule has 3 aromatic carbocycles. The number of halogens is 1. The van der Waals surface area contributed by atoms with Crippen LogP contribution in [0.15, 0.2) is 115 Å². The van der Waals surface area contributed by atoms with Gasteiger partial charge in [0.1, 0.15) is 23.2 Å². The molecule has 0 aliphatic rings. The van der Waals surface area contributed by atoms with Gasteiger partial charge in [0.25, 0.3) is 0 Å². The fraction of sp³-hybridized carbons (Fsp3) is 0.267. The molecule has 0 fully saturated rings. The van der Waals surface area contributed by atoms with Crippen molar-refractivity contribution in [3.63, 3.8) is 0 Å². The van der Waals surface area contributed by atoms with E-state index in [-0.39, 0.29) is 24.0 Å². The largest absolute Gasteiger partial charge is 1.00 e. The van der Waals surface area contributed by atoms with Crippen LogP contribution in [0.1, 0.15) is 45.4 Å². The Morgan fingerprint density at radius 1 is 0.531 bits per heavy atom. The van der Waals surface area contributed by atoms with Crippen LogP contribution in [0.2, 0.25) is 0 Å². The fourth-order valence-electron chi connectivity index (χ4n) is 4.19. The van der Waals surface area contributed by atoms with E-state index in [9.17, 15) is 0 Å². The van der Waals surface area contributed by atoms with Crippen molar-refractivity contribution >= 4 is 23.2 Å². The van der Waals surface area contributed by atoms with Crippen molar-refractivity contribution in [1.82, 2.24) is 0 Å². The van der Waals surface area contributed by atoms with Crippen LogP contribution >= 0.6 is 7.26 Å². The Bertz CT molecular complexity index is 820. The van der Waals surface area contributed by atoms with Gasteiger partial charge in [-0.3, -0.25) is 0 Å². The normalized spacial score (nSPS) is 11.7. The van der Waals surface area contributed by atoms with Crippen molar-refractivity contribution in [2.75, 3.05) is 6.16 Å². The zero-order valence-electron chi connectivity index (χ0n) is 19.2. The van der Waals surface area contributed by atoms with E-state index in [4.69, 9.17) is 0 Å². The van der Waals surface area contributed by atoms with Gasteiger partial charge >= 0.3 is 0 Å². The lowest BCUT2D eigenvalue weighted by Gasteiger charge is -2.27. The van der Waals surface area contributed by atoms with Crippen LogP contribution in [-0.4, -0.2) is 6.16 Å². The van der Waals surface area contributed by atoms with Crippen LogP contribution in [-0.2, 0) is 0 Å². The van der Waals surface area contributed by atoms with Gasteiger partial charge in [-0.25, -0.2) is 0 Å². The molecule has 0 saturated heterocycles. The summed E-state index contributed by atoms with van der Waals surface area (Å²) in [6.45, 7) is 2.20. The van der Waals surface area contributed by atoms with Crippen molar-refractivity contribution in [3.8, 4) is 0 Å². The average molecular weight is 554 g/mol. The van der Waals surface area contributed by atoms with Crippen molar-refractivity contribution < 1.29 is 24.0 Å². The average Bonchev–Trinajstić information content (AvgIpc) is 2.84. The van der Waals surface area contributed by atoms with Crippen molar-refractivity contribution in [2.45, 2.75) is 45.4 Å². The predicted molar refractivity (Wildman–Crippen MR) is 142 cm³/mol. The van der Waals surface area contributed by atoms with E-state index < -0.39 is 7.26 Å². The third-order valence-electron chi connectivity index (χ3n) is 5.78. The summed E-state index contributed by atoms with van der Waals surface area (Å²) in [5, 5.41) is 4.43. The third-order valence-corrected chi connectivity index (χ3v) is 10.3. The van der Waals surface area contributed by atoms with E-state index in [2.05, 4.69) is 122 Å². The number of rotatable bonds is 12. The second-order valence-electron chi connectivity index (χ2n) is 7.96. The highest BCUT2D eigenvalue weighted by atomic mass is 127. The highest BCUT2D eigenvalue weighted by Gasteiger charge is 2.44. The van der Waals surface area contributed by atoms with Crippen LogP contribution < -0.4 is 39.9 Å². The molecular formula is C30H36IP. The Morgan fingerprint density at radius 2 is 0.906 bits per heavy atom. The summed E-state index contributed by atoms with van der Waals surface area (Å²) in [5.41, 5.74) is 0. The number of benzene rings is 3. The highest BCUT2D eigenvalue weighted by molar-refractivity contribution is 7.95. The molecule has 2 heteroatoms. The summed E-state index contributed by atoms with van der Waals surface area (Å²) in [6.07, 6.45) is 17.8. The first-order valence-electron chi connectivity index (χ1n) is 11.7. The molecule has 0 saturated carbocycles. The van der Waals surface area contributed by atoms with E-state index in [1.807, 2.05) is 0 Å². The Hall–Kier alpha value is -1.70. The number of unbranched alkanes of at least 4 members (excludes halogenated alkanes) is 3. The molecule has 0 atom stereocenters. The molecule has 3 aromatic rings. The maximum Gasteiger partial charge on any atom is 0.112 e. The number of allylic oxidation sites excluding steroid dienone is 4. The van der Waals surface area contributed by atoms with Gasteiger partial charge in [0.15, 0.2) is 0 Å². The summed E-state index contributed by atoms with van der Waals surface area (Å²) in [6, 6.07) is 33.6. The van der Waals surface area contributed by atoms with Gasteiger partial charge in [0, 0.05) is 6.42 Å². The summed E-state index contributed by atoms with van der Waals surface area (Å²) in [7, 11) is -1.69. The van der Waals surface area contributed by atoms with E-state index in [1.54, 1.807) is 0 Å². The van der Waals surface area contributed by atoms with Gasteiger partial charge in [-0.1, -0.05) is 85.8 Å². The zero-order valence-corrected chi connectivity index (χ0v) is 22.3. The quantitative estimate of drug-likeness (QED) is 0.134. The lowest BCUT2D eigenvalue weighted by molar-refractivity contribution is -0.00000619. The maximum atomic E-state index is 2.42. The summed E-state index contributed by atoms with van der Waals surface area (Å²) >= 11 is 0. The summed E-state index contributed by atoms with van der Waals surface area (Å²) in [4.78, 5) is 0. The van der Waals surface area contributed by atoms with Crippen molar-refractivity contribution in [3.05, 3.63) is 115 Å². The van der Waals surface area contributed by atoms with E-state index in [0.717, 1.165) is 12.8 Å². The SMILES string of the molecule is CCC=CCCCCC=CCC[P+](c1ccccc1)(c1ccccc1)c1ccccc1.[I-]. The minimum absolute atomic E-state index is 0. The second-order valence-corrected chi connectivity index (χ2v) is 11.6. The minimum Gasteiger partial charge on any atom is -1.00 e. The van der Waals surface area contributed by atoms with E-state index in [1.165, 1.54) is 47.8 Å². The van der Waals surface area contributed by atoms with Crippen molar-refractivity contribution in [1.29, 1.82) is 0 Å². The van der Waals surface area contributed by atoms with E-state index >= 15 is 0 Å². The molecule has 0 spiro atoms. The van der Waals surface area contributed by atoms with Crippen LogP contribution in [0.4, 0.5) is 0 Å². The fourth-order valence-corrected chi connectivity index (χ4v) is 8.44. The monoisotopic (exact) mass is 554 g/mol. The molecule has 3 rings (SSSR count). The lowest BCUT2D eigenvalue weighted by Crippen LogP contribution is -3.00. The molecule has 0 bridgehead atoms. The van der Waals surface area contributed by atoms with Gasteiger partial charge in [-0.2, -0.15) is 0 Å². The Labute approximate surface area is 213 Å². The molecule has 0 N–H and O–H groups in total. The first-order chi connectivity index (χ1) is 15.4. The number of hydrogen-bond acceptors (Lipinski definition) is 0. The molecule has 0 nitrogen and oxygen atoms in total. The molecule has 0 aliphatic carbocycles. The standard InChI is InChI=1S/C30H36P.HI/c1-2-3-4-5-6-7-8-9-10-20-27-31(28-21-14-11-15-22-28,29-23-16-12-17-24-29)30-25-18-13-19-26-30;/h3-4,9-19,21-26H,2,5-8,20,27H2,1H3;1H/q+1;/p-1. The second kappa shape index (κ2) is 15.2. The molecule has 0 heterocycles. The molecule has 0 aliphatic heterocycles. The topological polar surface area (TPSA) is 0 Å². The smallest absolute Gasteiger partial charge is 0.112 e. The van der Waals surface area contributed by atoms with E-state index in [0.29, 0.717) is 0 Å².